The first kappa shape index (κ1) is 25.5. The number of rotatable bonds is 15. The Morgan fingerprint density at radius 2 is 1.72 bits per heavy atom. The molecule has 1 aromatic carbocycles. The maximum absolute atomic E-state index is 12.2. The maximum atomic E-state index is 12.2. The number of halogens is 3. The molecule has 0 heterocycles. The summed E-state index contributed by atoms with van der Waals surface area (Å²) in [6.45, 7) is 4.54. The van der Waals surface area contributed by atoms with Gasteiger partial charge in [-0.1, -0.05) is 12.1 Å². The largest absolute Gasteiger partial charge is 0.491 e. The molecule has 1 unspecified atom stereocenters. The first-order valence-electron chi connectivity index (χ1n) is 9.22. The van der Waals surface area contributed by atoms with Gasteiger partial charge in [0.25, 0.3) is 0 Å². The van der Waals surface area contributed by atoms with Gasteiger partial charge in [0, 0.05) is 6.61 Å². The molecule has 1 atom stereocenters. The van der Waals surface area contributed by atoms with Crippen LogP contribution in [-0.2, 0) is 29.6 Å². The van der Waals surface area contributed by atoms with Gasteiger partial charge in [-0.3, -0.25) is 4.18 Å². The third-order valence-corrected chi connectivity index (χ3v) is 4.17. The number of esters is 1. The van der Waals surface area contributed by atoms with Gasteiger partial charge in [0.1, 0.15) is 24.4 Å². The van der Waals surface area contributed by atoms with Crippen molar-refractivity contribution in [1.29, 1.82) is 0 Å². The minimum Gasteiger partial charge on any atom is -0.491 e. The van der Waals surface area contributed by atoms with Crippen LogP contribution < -0.4 is 4.74 Å². The summed E-state index contributed by atoms with van der Waals surface area (Å²) < 4.78 is 61.9. The van der Waals surface area contributed by atoms with Crippen LogP contribution in [0.15, 0.2) is 24.3 Å². The van der Waals surface area contributed by atoms with E-state index >= 15 is 0 Å². The first-order chi connectivity index (χ1) is 13.9. The first-order valence-corrected chi connectivity index (χ1v) is 9.96. The summed E-state index contributed by atoms with van der Waals surface area (Å²) in [5.41, 5.74) is -3.60. The zero-order valence-electron chi connectivity index (χ0n) is 16.5. The van der Waals surface area contributed by atoms with E-state index in [4.69, 9.17) is 14.2 Å². The van der Waals surface area contributed by atoms with Gasteiger partial charge in [-0.2, -0.15) is 13.2 Å². The fourth-order valence-corrected chi connectivity index (χ4v) is 2.68. The summed E-state index contributed by atoms with van der Waals surface area (Å²) >= 11 is -0.686. The summed E-state index contributed by atoms with van der Waals surface area (Å²) in [6, 6.07) is 7.35. The van der Waals surface area contributed by atoms with Crippen molar-refractivity contribution < 1.29 is 41.1 Å². The quantitative estimate of drug-likeness (QED) is 0.230. The topological polar surface area (TPSA) is 63.2 Å². The molecule has 166 valence electrons. The third kappa shape index (κ3) is 12.6. The summed E-state index contributed by atoms with van der Waals surface area (Å²) in [7, 11) is 1.11. The number of ether oxygens (including phenoxy) is 4. The number of methoxy groups -OCH3 is 1. The van der Waals surface area contributed by atoms with E-state index in [0.717, 1.165) is 12.7 Å². The predicted octanol–water partition coefficient (Wildman–Crippen LogP) is 4.17. The lowest BCUT2D eigenvalue weighted by Gasteiger charge is -2.15. The Morgan fingerprint density at radius 1 is 1.07 bits per heavy atom. The Balaban J connectivity index is 2.30. The molecule has 0 radical (unpaired) electrons. The Bertz CT molecular complexity index is 568. The van der Waals surface area contributed by atoms with E-state index in [2.05, 4.69) is 8.92 Å². The van der Waals surface area contributed by atoms with Crippen molar-refractivity contribution >= 4 is 18.0 Å². The van der Waals surface area contributed by atoms with Gasteiger partial charge >= 0.3 is 11.5 Å². The lowest BCUT2D eigenvalue weighted by Crippen LogP contribution is -2.25. The van der Waals surface area contributed by atoms with Crippen LogP contribution in [0.2, 0.25) is 0 Å². The van der Waals surface area contributed by atoms with Gasteiger partial charge in [0.2, 0.25) is 0 Å². The minimum atomic E-state index is -4.57. The van der Waals surface area contributed by atoms with Crippen LogP contribution in [0.1, 0.15) is 25.3 Å². The number of hydrogen-bond donors (Lipinski definition) is 0. The van der Waals surface area contributed by atoms with E-state index < -0.39 is 29.6 Å². The van der Waals surface area contributed by atoms with Gasteiger partial charge in [-0.25, -0.2) is 4.79 Å². The van der Waals surface area contributed by atoms with Crippen LogP contribution in [0.3, 0.4) is 0 Å². The predicted molar refractivity (Wildman–Crippen MR) is 103 cm³/mol. The second-order valence-electron chi connectivity index (χ2n) is 5.83. The lowest BCUT2D eigenvalue weighted by molar-refractivity contribution is -0.149. The molecule has 0 aliphatic rings. The number of aryl methyl sites for hydroxylation is 1. The van der Waals surface area contributed by atoms with E-state index in [1.54, 1.807) is 0 Å². The van der Waals surface area contributed by atoms with Crippen LogP contribution in [0.5, 0.6) is 5.75 Å². The highest BCUT2D eigenvalue weighted by atomic mass is 32.2. The highest BCUT2D eigenvalue weighted by molar-refractivity contribution is 7.95. The Kier molecular flexibility index (Phi) is 12.8. The van der Waals surface area contributed by atoms with Crippen LogP contribution in [0, 0.1) is 0 Å². The number of benzene rings is 1. The van der Waals surface area contributed by atoms with Crippen molar-refractivity contribution in [3.63, 3.8) is 0 Å². The number of alkyl halides is 3. The average molecular weight is 440 g/mol. The molecule has 0 N–H and O–H groups in total. The van der Waals surface area contributed by atoms with Crippen LogP contribution in [0.4, 0.5) is 13.2 Å². The van der Waals surface area contributed by atoms with Crippen LogP contribution in [-0.4, -0.2) is 57.7 Å². The second-order valence-corrected chi connectivity index (χ2v) is 6.65. The fraction of sp³-hybridized carbons (Fsp3) is 0.632. The zero-order chi connectivity index (χ0) is 21.5. The van der Waals surface area contributed by atoms with Crippen molar-refractivity contribution in [1.82, 2.24) is 0 Å². The maximum Gasteiger partial charge on any atom is 0.468 e. The van der Waals surface area contributed by atoms with Crippen molar-refractivity contribution in [2.45, 2.75) is 37.8 Å². The van der Waals surface area contributed by atoms with E-state index in [0.29, 0.717) is 51.6 Å². The molecule has 0 saturated carbocycles. The van der Waals surface area contributed by atoms with Gasteiger partial charge in [0.15, 0.2) is 6.10 Å². The number of carbonyl (C=O) groups is 1. The highest BCUT2D eigenvalue weighted by Gasteiger charge is 2.33. The SMILES string of the molecule is CCOCCOCCOc1ccc(CCCC(OSC(F)(F)F)C(=O)OC)cc1. The van der Waals surface area contributed by atoms with Crippen molar-refractivity contribution in [2.75, 3.05) is 40.1 Å². The summed E-state index contributed by atoms with van der Waals surface area (Å²) in [4.78, 5) is 11.6. The highest BCUT2D eigenvalue weighted by Crippen LogP contribution is 2.33. The summed E-state index contributed by atoms with van der Waals surface area (Å²) in [5, 5.41) is 0. The normalized spacial score (nSPS) is 12.6. The molecule has 0 saturated heterocycles. The van der Waals surface area contributed by atoms with Crippen LogP contribution in [0.25, 0.3) is 0 Å². The molecule has 0 aromatic heterocycles. The molecule has 0 spiro atoms. The molecular formula is C19H27F3O6S. The van der Waals surface area contributed by atoms with Gasteiger partial charge in [0.05, 0.1) is 26.9 Å². The Morgan fingerprint density at radius 3 is 2.34 bits per heavy atom. The summed E-state index contributed by atoms with van der Waals surface area (Å²) in [5.74, 6) is -0.131. The molecule has 10 heteroatoms. The summed E-state index contributed by atoms with van der Waals surface area (Å²) in [6.07, 6.45) is -0.106. The van der Waals surface area contributed by atoms with E-state index in [1.165, 1.54) is 0 Å². The second kappa shape index (κ2) is 14.5. The molecule has 6 nitrogen and oxygen atoms in total. The standard InChI is InChI=1S/C19H27F3O6S/c1-3-25-11-12-26-13-14-27-16-9-7-15(8-10-16)5-4-6-17(18(23)24-2)28-29-19(20,21)22/h7-10,17H,3-6,11-14H2,1-2H3. The van der Waals surface area contributed by atoms with Crippen molar-refractivity contribution in [2.24, 2.45) is 0 Å². The van der Waals surface area contributed by atoms with E-state index in [1.807, 2.05) is 31.2 Å². The molecule has 0 fully saturated rings. The molecule has 0 aliphatic carbocycles. The zero-order valence-corrected chi connectivity index (χ0v) is 17.4. The smallest absolute Gasteiger partial charge is 0.468 e. The molecular weight excluding hydrogens is 413 g/mol. The molecule has 0 bridgehead atoms. The number of hydrogen-bond acceptors (Lipinski definition) is 7. The van der Waals surface area contributed by atoms with Gasteiger partial charge in [-0.15, -0.1) is 0 Å². The Hall–Kier alpha value is -1.49. The Labute approximate surface area is 173 Å². The van der Waals surface area contributed by atoms with E-state index in [-0.39, 0.29) is 6.42 Å². The van der Waals surface area contributed by atoms with Crippen molar-refractivity contribution in [3.05, 3.63) is 29.8 Å². The van der Waals surface area contributed by atoms with Crippen molar-refractivity contribution in [3.8, 4) is 5.75 Å². The average Bonchev–Trinajstić information content (AvgIpc) is 2.69. The molecule has 1 aromatic rings. The van der Waals surface area contributed by atoms with Crippen LogP contribution >= 0.6 is 12.0 Å². The molecule has 1 rings (SSSR count). The van der Waals surface area contributed by atoms with Gasteiger partial charge in [-0.05, 0) is 43.9 Å². The van der Waals surface area contributed by atoms with E-state index in [9.17, 15) is 18.0 Å². The molecule has 0 amide bonds. The fourth-order valence-electron chi connectivity index (χ4n) is 2.28. The lowest BCUT2D eigenvalue weighted by atomic mass is 10.1. The number of carbonyl (C=O) groups excluding carboxylic acids is 1. The molecule has 29 heavy (non-hydrogen) atoms. The van der Waals surface area contributed by atoms with Gasteiger partial charge < -0.3 is 18.9 Å². The minimum absolute atomic E-state index is 0.118. The monoisotopic (exact) mass is 440 g/mol. The third-order valence-electron chi connectivity index (χ3n) is 3.65. The molecule has 0 aliphatic heterocycles.